The molecule has 0 rings (SSSR count). The maximum atomic E-state index is 10.8. The number of aliphatic carboxylic acids is 1. The second kappa shape index (κ2) is 3.30. The lowest BCUT2D eigenvalue weighted by molar-refractivity contribution is -0.161. The minimum atomic E-state index is -2.30. The van der Waals surface area contributed by atoms with Gasteiger partial charge in [-0.2, -0.15) is 0 Å². The van der Waals surface area contributed by atoms with Crippen molar-refractivity contribution in [1.82, 2.24) is 0 Å². The number of ketones is 1. The van der Waals surface area contributed by atoms with E-state index >= 15 is 0 Å². The highest BCUT2D eigenvalue weighted by atomic mass is 16.4. The van der Waals surface area contributed by atoms with E-state index in [-0.39, 0.29) is 0 Å². The van der Waals surface area contributed by atoms with Gasteiger partial charge in [0, 0.05) is 0 Å². The number of aliphatic hydroxyl groups is 1. The molecule has 0 aliphatic carbocycles. The van der Waals surface area contributed by atoms with Crippen molar-refractivity contribution < 1.29 is 19.8 Å². The number of carbonyl (C=O) groups excluding carboxylic acids is 1. The molecule has 1 atom stereocenters. The maximum absolute atomic E-state index is 10.8. The van der Waals surface area contributed by atoms with Crippen LogP contribution in [0.5, 0.6) is 0 Å². The fourth-order valence-electron chi connectivity index (χ4n) is 0.419. The fraction of sp³-hybridized carbons (Fsp3) is 0.429. The van der Waals surface area contributed by atoms with Crippen molar-refractivity contribution in [1.29, 1.82) is 0 Å². The predicted molar refractivity (Wildman–Crippen MR) is 38.1 cm³/mol. The van der Waals surface area contributed by atoms with Crippen LogP contribution < -0.4 is 0 Å². The summed E-state index contributed by atoms with van der Waals surface area (Å²) >= 11 is 0. The van der Waals surface area contributed by atoms with Gasteiger partial charge in [0.15, 0.2) is 5.78 Å². The molecule has 0 bridgehead atoms. The molecule has 0 aliphatic rings. The highest BCUT2D eigenvalue weighted by Crippen LogP contribution is 2.05. The number of carbonyl (C=O) groups is 2. The number of carboxylic acid groups (broad SMARTS) is 1. The van der Waals surface area contributed by atoms with Gasteiger partial charge in [0.1, 0.15) is 0 Å². The van der Waals surface area contributed by atoms with E-state index < -0.39 is 17.4 Å². The van der Waals surface area contributed by atoms with Crippen molar-refractivity contribution in [3.63, 3.8) is 0 Å². The van der Waals surface area contributed by atoms with Gasteiger partial charge in [-0.1, -0.05) is 6.08 Å². The smallest absolute Gasteiger partial charge is 0.343 e. The molecule has 0 saturated carbocycles. The van der Waals surface area contributed by atoms with Crippen LogP contribution in [0.1, 0.15) is 13.8 Å². The minimum absolute atomic E-state index is 0.826. The first-order valence-corrected chi connectivity index (χ1v) is 3.05. The Labute approximate surface area is 64.2 Å². The monoisotopic (exact) mass is 158 g/mol. The summed E-state index contributed by atoms with van der Waals surface area (Å²) in [5.74, 6) is -2.37. The quantitative estimate of drug-likeness (QED) is 0.446. The Hall–Kier alpha value is -1.16. The maximum Gasteiger partial charge on any atom is 0.343 e. The summed E-state index contributed by atoms with van der Waals surface area (Å²) in [4.78, 5) is 21.0. The summed E-state index contributed by atoms with van der Waals surface area (Å²) in [6, 6.07) is 0. The van der Waals surface area contributed by atoms with Crippen LogP contribution in [0.25, 0.3) is 0 Å². The van der Waals surface area contributed by atoms with Gasteiger partial charge in [-0.25, -0.2) is 4.79 Å². The van der Waals surface area contributed by atoms with Crippen LogP contribution in [-0.2, 0) is 9.59 Å². The zero-order valence-electron chi connectivity index (χ0n) is 6.37. The van der Waals surface area contributed by atoms with Gasteiger partial charge < -0.3 is 10.2 Å². The van der Waals surface area contributed by atoms with Crippen LogP contribution in [0.4, 0.5) is 0 Å². The lowest BCUT2D eigenvalue weighted by atomic mass is 10.0. The number of hydrogen-bond acceptors (Lipinski definition) is 3. The van der Waals surface area contributed by atoms with E-state index in [2.05, 4.69) is 0 Å². The number of carboxylic acids is 1. The lowest BCUT2D eigenvalue weighted by Crippen LogP contribution is -2.42. The molecule has 4 heteroatoms. The Morgan fingerprint density at radius 3 is 2.18 bits per heavy atom. The van der Waals surface area contributed by atoms with Crippen LogP contribution in [0.2, 0.25) is 0 Å². The van der Waals surface area contributed by atoms with Gasteiger partial charge >= 0.3 is 5.97 Å². The summed E-state index contributed by atoms with van der Waals surface area (Å²) in [6.07, 6.45) is 2.40. The predicted octanol–water partition coefficient (Wildman–Crippen LogP) is -0.0328. The molecular weight excluding hydrogens is 148 g/mol. The highest BCUT2D eigenvalue weighted by molar-refractivity contribution is 6.11. The van der Waals surface area contributed by atoms with E-state index in [9.17, 15) is 9.59 Å². The van der Waals surface area contributed by atoms with E-state index in [1.165, 1.54) is 6.08 Å². The largest absolute Gasteiger partial charge is 0.479 e. The first kappa shape index (κ1) is 9.84. The molecule has 0 aromatic rings. The summed E-state index contributed by atoms with van der Waals surface area (Å²) in [7, 11) is 0. The molecule has 62 valence electrons. The molecule has 11 heavy (non-hydrogen) atoms. The Kier molecular flexibility index (Phi) is 2.95. The SMILES string of the molecule is CC=CC(=O)C(C)(O)C(=O)O. The van der Waals surface area contributed by atoms with Crippen molar-refractivity contribution in [3.05, 3.63) is 12.2 Å². The minimum Gasteiger partial charge on any atom is -0.479 e. The van der Waals surface area contributed by atoms with Gasteiger partial charge in [0.05, 0.1) is 0 Å². The molecule has 0 amide bonds. The van der Waals surface area contributed by atoms with Gasteiger partial charge in [0.25, 0.3) is 0 Å². The van der Waals surface area contributed by atoms with Gasteiger partial charge in [-0.15, -0.1) is 0 Å². The molecule has 0 fully saturated rings. The normalized spacial score (nSPS) is 16.3. The highest BCUT2D eigenvalue weighted by Gasteiger charge is 2.36. The summed E-state index contributed by atoms with van der Waals surface area (Å²) in [6.45, 7) is 2.51. The summed E-state index contributed by atoms with van der Waals surface area (Å²) in [5, 5.41) is 17.3. The molecule has 0 aromatic carbocycles. The first-order chi connectivity index (χ1) is 4.92. The standard InChI is InChI=1S/C7H10O4/c1-3-4-5(8)7(2,11)6(9)10/h3-4,11H,1-2H3,(H,9,10). The van der Waals surface area contributed by atoms with E-state index in [0.29, 0.717) is 0 Å². The third-order valence-electron chi connectivity index (χ3n) is 1.21. The van der Waals surface area contributed by atoms with E-state index in [1.807, 2.05) is 0 Å². The second-order valence-electron chi connectivity index (χ2n) is 2.24. The lowest BCUT2D eigenvalue weighted by Gasteiger charge is -2.12. The molecular formula is C7H10O4. The van der Waals surface area contributed by atoms with Gasteiger partial charge in [-0.3, -0.25) is 4.79 Å². The van der Waals surface area contributed by atoms with E-state index in [1.54, 1.807) is 6.92 Å². The van der Waals surface area contributed by atoms with Crippen molar-refractivity contribution >= 4 is 11.8 Å². The Morgan fingerprint density at radius 1 is 1.45 bits per heavy atom. The van der Waals surface area contributed by atoms with Crippen LogP contribution >= 0.6 is 0 Å². The van der Waals surface area contributed by atoms with Crippen LogP contribution in [0, 0.1) is 0 Å². The van der Waals surface area contributed by atoms with Crippen molar-refractivity contribution in [3.8, 4) is 0 Å². The Morgan fingerprint density at radius 2 is 1.91 bits per heavy atom. The molecule has 0 aliphatic heterocycles. The molecule has 2 N–H and O–H groups in total. The molecule has 0 spiro atoms. The Bertz CT molecular complexity index is 202. The average molecular weight is 158 g/mol. The van der Waals surface area contributed by atoms with Crippen molar-refractivity contribution in [2.24, 2.45) is 0 Å². The van der Waals surface area contributed by atoms with Gasteiger partial charge in [-0.05, 0) is 19.9 Å². The summed E-state index contributed by atoms with van der Waals surface area (Å²) in [5.41, 5.74) is -2.30. The number of allylic oxidation sites excluding steroid dienone is 1. The first-order valence-electron chi connectivity index (χ1n) is 3.05. The van der Waals surface area contributed by atoms with Crippen LogP contribution in [0.15, 0.2) is 12.2 Å². The molecule has 0 saturated heterocycles. The van der Waals surface area contributed by atoms with E-state index in [4.69, 9.17) is 10.2 Å². The zero-order valence-corrected chi connectivity index (χ0v) is 6.37. The fourth-order valence-corrected chi connectivity index (χ4v) is 0.419. The topological polar surface area (TPSA) is 74.6 Å². The average Bonchev–Trinajstić information content (AvgIpc) is 1.88. The molecule has 0 aromatic heterocycles. The van der Waals surface area contributed by atoms with Crippen LogP contribution in [0.3, 0.4) is 0 Å². The molecule has 0 heterocycles. The van der Waals surface area contributed by atoms with Crippen molar-refractivity contribution in [2.45, 2.75) is 19.4 Å². The number of hydrogen-bond donors (Lipinski definition) is 2. The number of rotatable bonds is 3. The van der Waals surface area contributed by atoms with Crippen LogP contribution in [-0.4, -0.2) is 27.6 Å². The third-order valence-corrected chi connectivity index (χ3v) is 1.21. The van der Waals surface area contributed by atoms with E-state index in [0.717, 1.165) is 13.0 Å². The zero-order chi connectivity index (χ0) is 9.07. The molecule has 4 nitrogen and oxygen atoms in total. The van der Waals surface area contributed by atoms with Crippen molar-refractivity contribution in [2.75, 3.05) is 0 Å². The Balaban J connectivity index is 4.56. The summed E-state index contributed by atoms with van der Waals surface area (Å²) < 4.78 is 0. The second-order valence-corrected chi connectivity index (χ2v) is 2.24. The van der Waals surface area contributed by atoms with Gasteiger partial charge in [0.2, 0.25) is 5.60 Å². The molecule has 1 unspecified atom stereocenters. The molecule has 0 radical (unpaired) electrons. The third kappa shape index (κ3) is 2.16.